The van der Waals surface area contributed by atoms with Crippen molar-refractivity contribution in [1.82, 2.24) is 10.2 Å². The Bertz CT molecular complexity index is 1200. The molecular weight excluding hydrogens is 376 g/mol. The maximum atomic E-state index is 12.1. The van der Waals surface area contributed by atoms with Crippen LogP contribution in [0, 0.1) is 0 Å². The van der Waals surface area contributed by atoms with Gasteiger partial charge in [-0.2, -0.15) is 0 Å². The summed E-state index contributed by atoms with van der Waals surface area (Å²) in [6.07, 6.45) is -0.731. The first-order valence-electron chi connectivity index (χ1n) is 8.83. The van der Waals surface area contributed by atoms with Gasteiger partial charge in [0.2, 0.25) is 5.89 Å². The van der Waals surface area contributed by atoms with Gasteiger partial charge in [0, 0.05) is 23.1 Å². The van der Waals surface area contributed by atoms with Gasteiger partial charge in [-0.1, -0.05) is 18.2 Å². The third-order valence-electron chi connectivity index (χ3n) is 4.07. The van der Waals surface area contributed by atoms with Gasteiger partial charge in [-0.05, 0) is 37.3 Å². The van der Waals surface area contributed by atoms with Crippen LogP contribution in [0.25, 0.3) is 22.4 Å². The molecule has 1 atom stereocenters. The number of fused-ring (bicyclic) bond motifs is 1. The van der Waals surface area contributed by atoms with Crippen LogP contribution in [0.15, 0.2) is 74.3 Å². The Hall–Kier alpha value is -3.94. The maximum Gasteiger partial charge on any atom is 0.344 e. The molecule has 8 nitrogen and oxygen atoms in total. The number of carbonyl (C=O) groups is 1. The number of carbonyl (C=O) groups excluding carboxylic acids is 1. The zero-order valence-corrected chi connectivity index (χ0v) is 15.4. The van der Waals surface area contributed by atoms with Gasteiger partial charge in [0.05, 0.1) is 0 Å². The molecular formula is C21H16N2O6. The Morgan fingerprint density at radius 1 is 1.03 bits per heavy atom. The van der Waals surface area contributed by atoms with Gasteiger partial charge in [0.25, 0.3) is 5.89 Å². The molecule has 0 N–H and O–H groups in total. The van der Waals surface area contributed by atoms with Gasteiger partial charge >= 0.3 is 11.6 Å². The lowest BCUT2D eigenvalue weighted by atomic mass is 10.2. The standard InChI is InChI=1S/C21H16N2O6/c1-13(20-22-23-21(29-20)15-5-3-2-4-6-15)27-19(25)12-26-16-9-7-14-8-10-18(24)28-17(14)11-16/h2-11,13H,12H2,1H3. The molecule has 0 radical (unpaired) electrons. The predicted octanol–water partition coefficient (Wildman–Crippen LogP) is 3.53. The van der Waals surface area contributed by atoms with Gasteiger partial charge in [-0.15, -0.1) is 10.2 Å². The van der Waals surface area contributed by atoms with Crippen LogP contribution in [0.2, 0.25) is 0 Å². The van der Waals surface area contributed by atoms with E-state index in [4.69, 9.17) is 18.3 Å². The highest BCUT2D eigenvalue weighted by molar-refractivity contribution is 5.78. The van der Waals surface area contributed by atoms with E-state index in [1.807, 2.05) is 30.3 Å². The van der Waals surface area contributed by atoms with Crippen LogP contribution in [0.1, 0.15) is 18.9 Å². The fourth-order valence-corrected chi connectivity index (χ4v) is 2.65. The monoisotopic (exact) mass is 392 g/mol. The van der Waals surface area contributed by atoms with Gasteiger partial charge in [-0.3, -0.25) is 0 Å². The van der Waals surface area contributed by atoms with Crippen LogP contribution in [-0.2, 0) is 9.53 Å². The first kappa shape index (κ1) is 18.4. The molecule has 0 aliphatic heterocycles. The zero-order chi connectivity index (χ0) is 20.2. The van der Waals surface area contributed by atoms with Crippen LogP contribution in [0.3, 0.4) is 0 Å². The molecule has 0 fully saturated rings. The topological polar surface area (TPSA) is 105 Å². The third kappa shape index (κ3) is 4.32. The number of esters is 1. The van der Waals surface area contributed by atoms with E-state index < -0.39 is 17.7 Å². The van der Waals surface area contributed by atoms with Crippen LogP contribution in [0.4, 0.5) is 0 Å². The van der Waals surface area contributed by atoms with Gasteiger partial charge in [0.15, 0.2) is 12.7 Å². The molecule has 1 unspecified atom stereocenters. The molecule has 0 saturated carbocycles. The SMILES string of the molecule is CC(OC(=O)COc1ccc2ccc(=O)oc2c1)c1nnc(-c2ccccc2)o1. The van der Waals surface area contributed by atoms with Gasteiger partial charge in [0.1, 0.15) is 11.3 Å². The lowest BCUT2D eigenvalue weighted by Gasteiger charge is -2.10. The number of benzene rings is 2. The Morgan fingerprint density at radius 2 is 1.83 bits per heavy atom. The summed E-state index contributed by atoms with van der Waals surface area (Å²) < 4.78 is 21.4. The van der Waals surface area contributed by atoms with E-state index in [0.29, 0.717) is 17.2 Å². The molecule has 146 valence electrons. The van der Waals surface area contributed by atoms with E-state index in [1.165, 1.54) is 12.1 Å². The number of ether oxygens (including phenoxy) is 2. The first-order valence-corrected chi connectivity index (χ1v) is 8.83. The van der Waals surface area contributed by atoms with Crippen LogP contribution in [0.5, 0.6) is 5.75 Å². The van der Waals surface area contributed by atoms with E-state index in [9.17, 15) is 9.59 Å². The summed E-state index contributed by atoms with van der Waals surface area (Å²) >= 11 is 0. The van der Waals surface area contributed by atoms with E-state index in [0.717, 1.165) is 10.9 Å². The van der Waals surface area contributed by atoms with E-state index in [1.54, 1.807) is 25.1 Å². The fraction of sp³-hybridized carbons (Fsp3) is 0.143. The van der Waals surface area contributed by atoms with Crippen molar-refractivity contribution in [2.45, 2.75) is 13.0 Å². The highest BCUT2D eigenvalue weighted by atomic mass is 16.6. The molecule has 8 heteroatoms. The highest BCUT2D eigenvalue weighted by Gasteiger charge is 2.19. The van der Waals surface area contributed by atoms with Gasteiger partial charge < -0.3 is 18.3 Å². The van der Waals surface area contributed by atoms with E-state index >= 15 is 0 Å². The number of hydrogen-bond acceptors (Lipinski definition) is 8. The normalized spacial score (nSPS) is 11.9. The van der Waals surface area contributed by atoms with E-state index in [2.05, 4.69) is 10.2 Å². The summed E-state index contributed by atoms with van der Waals surface area (Å²) in [7, 11) is 0. The second-order valence-corrected chi connectivity index (χ2v) is 6.19. The second-order valence-electron chi connectivity index (χ2n) is 6.19. The smallest absolute Gasteiger partial charge is 0.344 e. The highest BCUT2D eigenvalue weighted by Crippen LogP contribution is 2.23. The molecule has 4 aromatic rings. The Balaban J connectivity index is 1.36. The molecule has 2 aromatic heterocycles. The van der Waals surface area contributed by atoms with Crippen molar-refractivity contribution in [3.05, 3.63) is 77.0 Å². The first-order chi connectivity index (χ1) is 14.1. The number of aromatic nitrogens is 2. The van der Waals surface area contributed by atoms with Crippen LogP contribution >= 0.6 is 0 Å². The van der Waals surface area contributed by atoms with Crippen molar-refractivity contribution < 1.29 is 23.1 Å². The van der Waals surface area contributed by atoms with Crippen molar-refractivity contribution in [2.75, 3.05) is 6.61 Å². The third-order valence-corrected chi connectivity index (χ3v) is 4.07. The number of rotatable bonds is 6. The molecule has 0 spiro atoms. The average molecular weight is 392 g/mol. The zero-order valence-electron chi connectivity index (χ0n) is 15.4. The minimum atomic E-state index is -0.731. The van der Waals surface area contributed by atoms with Crippen molar-refractivity contribution >= 4 is 16.9 Å². The molecule has 0 amide bonds. The molecule has 4 rings (SSSR count). The summed E-state index contributed by atoms with van der Waals surface area (Å²) in [5.74, 6) is 0.300. The molecule has 0 saturated heterocycles. The fourth-order valence-electron chi connectivity index (χ4n) is 2.65. The maximum absolute atomic E-state index is 12.1. The Labute approximate surface area is 164 Å². The summed E-state index contributed by atoms with van der Waals surface area (Å²) in [6.45, 7) is 1.30. The average Bonchev–Trinajstić information content (AvgIpc) is 3.23. The molecule has 0 aliphatic rings. The molecule has 0 aliphatic carbocycles. The molecule has 2 heterocycles. The summed E-state index contributed by atoms with van der Waals surface area (Å²) in [6, 6.07) is 17.2. The lowest BCUT2D eigenvalue weighted by molar-refractivity contribution is -0.152. The molecule has 2 aromatic carbocycles. The minimum absolute atomic E-state index is 0.185. The summed E-state index contributed by atoms with van der Waals surface area (Å²) in [5, 5.41) is 8.65. The van der Waals surface area contributed by atoms with Crippen molar-refractivity contribution in [2.24, 2.45) is 0 Å². The molecule has 29 heavy (non-hydrogen) atoms. The Kier molecular flexibility index (Phi) is 5.07. The Morgan fingerprint density at radius 3 is 2.66 bits per heavy atom. The van der Waals surface area contributed by atoms with Crippen molar-refractivity contribution in [3.63, 3.8) is 0 Å². The summed E-state index contributed by atoms with van der Waals surface area (Å²) in [5.41, 5.74) is 0.685. The summed E-state index contributed by atoms with van der Waals surface area (Å²) in [4.78, 5) is 23.4. The number of hydrogen-bond donors (Lipinski definition) is 0. The number of nitrogens with zero attached hydrogens (tertiary/aromatic N) is 2. The quantitative estimate of drug-likeness (QED) is 0.362. The minimum Gasteiger partial charge on any atom is -0.482 e. The molecule has 0 bridgehead atoms. The second kappa shape index (κ2) is 7.97. The van der Waals surface area contributed by atoms with Crippen molar-refractivity contribution in [3.8, 4) is 17.2 Å². The largest absolute Gasteiger partial charge is 0.482 e. The van der Waals surface area contributed by atoms with Crippen LogP contribution in [-0.4, -0.2) is 22.8 Å². The van der Waals surface area contributed by atoms with Gasteiger partial charge in [-0.25, -0.2) is 9.59 Å². The predicted molar refractivity (Wildman–Crippen MR) is 102 cm³/mol. The lowest BCUT2D eigenvalue weighted by Crippen LogP contribution is -2.17. The van der Waals surface area contributed by atoms with E-state index in [-0.39, 0.29) is 12.5 Å². The van der Waals surface area contributed by atoms with Crippen LogP contribution < -0.4 is 10.4 Å². The van der Waals surface area contributed by atoms with Crippen molar-refractivity contribution in [1.29, 1.82) is 0 Å².